The predicted molar refractivity (Wildman–Crippen MR) is 184 cm³/mol. The topological polar surface area (TPSA) is 120 Å². The largest absolute Gasteiger partial charge is 0.379 e. The first kappa shape index (κ1) is 32.3. The van der Waals surface area contributed by atoms with Gasteiger partial charge in [0.1, 0.15) is 5.01 Å². The monoisotopic (exact) mass is 653 g/mol. The van der Waals surface area contributed by atoms with E-state index in [9.17, 15) is 14.4 Å². The van der Waals surface area contributed by atoms with E-state index < -0.39 is 11.8 Å². The summed E-state index contributed by atoms with van der Waals surface area (Å²) in [4.78, 5) is 46.7. The van der Waals surface area contributed by atoms with E-state index >= 15 is 0 Å². The van der Waals surface area contributed by atoms with Crippen molar-refractivity contribution in [1.29, 1.82) is 0 Å². The molecular formula is C35H39N7O4S. The highest BCUT2D eigenvalue weighted by atomic mass is 32.1. The van der Waals surface area contributed by atoms with Crippen molar-refractivity contribution in [2.45, 2.75) is 19.3 Å². The van der Waals surface area contributed by atoms with Crippen molar-refractivity contribution in [3.63, 3.8) is 0 Å². The second-order valence-electron chi connectivity index (χ2n) is 11.7. The first-order valence-corrected chi connectivity index (χ1v) is 16.8. The van der Waals surface area contributed by atoms with Crippen LogP contribution >= 0.6 is 11.3 Å². The summed E-state index contributed by atoms with van der Waals surface area (Å²) in [5.74, 6) is -0.982. The first-order valence-electron chi connectivity index (χ1n) is 16.0. The summed E-state index contributed by atoms with van der Waals surface area (Å²) in [7, 11) is 1.77. The molecule has 0 unspecified atom stereocenters. The molecule has 3 aromatic carbocycles. The highest BCUT2D eigenvalue weighted by Crippen LogP contribution is 2.30. The summed E-state index contributed by atoms with van der Waals surface area (Å²) in [6.45, 7) is 6.26. The zero-order valence-electron chi connectivity index (χ0n) is 26.5. The van der Waals surface area contributed by atoms with E-state index in [1.165, 1.54) is 17.8 Å². The van der Waals surface area contributed by atoms with Gasteiger partial charge in [-0.2, -0.15) is 0 Å². The van der Waals surface area contributed by atoms with Crippen LogP contribution in [0, 0.1) is 0 Å². The quantitative estimate of drug-likeness (QED) is 0.243. The molecule has 2 saturated heterocycles. The number of likely N-dealkylation sites (N-methyl/N-ethyl adjacent to an activating group) is 1. The molecular weight excluding hydrogens is 614 g/mol. The van der Waals surface area contributed by atoms with Crippen LogP contribution in [-0.4, -0.2) is 97.2 Å². The molecule has 11 nitrogen and oxygen atoms in total. The van der Waals surface area contributed by atoms with Gasteiger partial charge in [-0.05, 0) is 55.7 Å². The molecule has 12 heteroatoms. The van der Waals surface area contributed by atoms with Gasteiger partial charge >= 0.3 is 0 Å². The van der Waals surface area contributed by atoms with Crippen LogP contribution in [0.5, 0.6) is 0 Å². The summed E-state index contributed by atoms with van der Waals surface area (Å²) < 4.78 is 5.41. The van der Waals surface area contributed by atoms with Crippen molar-refractivity contribution >= 4 is 45.6 Å². The minimum Gasteiger partial charge on any atom is -0.379 e. The van der Waals surface area contributed by atoms with E-state index in [2.05, 4.69) is 30.6 Å². The smallest absolute Gasteiger partial charge is 0.259 e. The van der Waals surface area contributed by atoms with Crippen LogP contribution in [-0.2, 0) is 4.74 Å². The lowest BCUT2D eigenvalue weighted by Crippen LogP contribution is -2.41. The maximum atomic E-state index is 13.7. The molecule has 244 valence electrons. The average molecular weight is 654 g/mol. The van der Waals surface area contributed by atoms with Crippen molar-refractivity contribution in [3.05, 3.63) is 89.5 Å². The molecule has 0 saturated carbocycles. The minimum absolute atomic E-state index is 0.161. The Morgan fingerprint density at radius 3 is 2.38 bits per heavy atom. The van der Waals surface area contributed by atoms with Gasteiger partial charge in [-0.15, -0.1) is 10.2 Å². The SMILES string of the molecule is CN(CCN1CCOCC1)C(=O)c1cccc(C(=O)Nc2ccc(N3CCCCC3)cc2C(=O)Nc2nnc(-c3ccccc3)s2)c1. The molecule has 0 radical (unpaired) electrons. The molecule has 2 aliphatic heterocycles. The van der Waals surface area contributed by atoms with Gasteiger partial charge in [-0.1, -0.05) is 47.7 Å². The van der Waals surface area contributed by atoms with E-state index in [0.29, 0.717) is 52.3 Å². The van der Waals surface area contributed by atoms with Gasteiger partial charge in [0.15, 0.2) is 0 Å². The van der Waals surface area contributed by atoms with Crippen LogP contribution in [0.1, 0.15) is 50.3 Å². The number of rotatable bonds is 10. The normalized spacial score (nSPS) is 15.2. The third kappa shape index (κ3) is 8.20. The highest BCUT2D eigenvalue weighted by molar-refractivity contribution is 7.18. The van der Waals surface area contributed by atoms with Crippen molar-refractivity contribution in [2.24, 2.45) is 0 Å². The Hall–Kier alpha value is -4.65. The third-order valence-corrected chi connectivity index (χ3v) is 9.34. The molecule has 2 N–H and O–H groups in total. The summed E-state index contributed by atoms with van der Waals surface area (Å²) in [5, 5.41) is 15.3. The zero-order valence-corrected chi connectivity index (χ0v) is 27.3. The highest BCUT2D eigenvalue weighted by Gasteiger charge is 2.21. The first-order chi connectivity index (χ1) is 22.9. The molecule has 3 heterocycles. The van der Waals surface area contributed by atoms with E-state index in [1.54, 1.807) is 42.3 Å². The Morgan fingerprint density at radius 1 is 0.830 bits per heavy atom. The molecule has 0 aliphatic carbocycles. The fourth-order valence-corrected chi connectivity index (χ4v) is 6.48. The number of aromatic nitrogens is 2. The number of carbonyl (C=O) groups is 3. The van der Waals surface area contributed by atoms with Gasteiger partial charge in [0.2, 0.25) is 5.13 Å². The second-order valence-corrected chi connectivity index (χ2v) is 12.7. The molecule has 0 spiro atoms. The molecule has 4 aromatic rings. The lowest BCUT2D eigenvalue weighted by molar-refractivity contribution is 0.0338. The van der Waals surface area contributed by atoms with Gasteiger partial charge in [0.25, 0.3) is 17.7 Å². The number of amides is 3. The van der Waals surface area contributed by atoms with Crippen LogP contribution in [0.15, 0.2) is 72.8 Å². The Kier molecular flexibility index (Phi) is 10.5. The van der Waals surface area contributed by atoms with Crippen LogP contribution in [0.3, 0.4) is 0 Å². The summed E-state index contributed by atoms with van der Waals surface area (Å²) >= 11 is 1.28. The molecule has 0 bridgehead atoms. The van der Waals surface area contributed by atoms with Crippen LogP contribution in [0.4, 0.5) is 16.5 Å². The number of nitrogens with zero attached hydrogens (tertiary/aromatic N) is 5. The number of benzene rings is 3. The lowest BCUT2D eigenvalue weighted by atomic mass is 10.1. The average Bonchev–Trinajstić information content (AvgIpc) is 3.60. The van der Waals surface area contributed by atoms with Gasteiger partial charge in [0.05, 0.1) is 24.5 Å². The van der Waals surface area contributed by atoms with Gasteiger partial charge in [0, 0.05) is 68.7 Å². The number of nitrogens with one attached hydrogen (secondary N) is 2. The number of morpholine rings is 1. The zero-order chi connectivity index (χ0) is 32.6. The van der Waals surface area contributed by atoms with Crippen molar-refractivity contribution in [2.75, 3.05) is 75.1 Å². The Morgan fingerprint density at radius 2 is 1.60 bits per heavy atom. The molecule has 6 rings (SSSR count). The third-order valence-electron chi connectivity index (χ3n) is 8.46. The van der Waals surface area contributed by atoms with E-state index in [4.69, 9.17) is 4.74 Å². The summed E-state index contributed by atoms with van der Waals surface area (Å²) in [6, 6.07) is 21.8. The summed E-state index contributed by atoms with van der Waals surface area (Å²) in [6.07, 6.45) is 3.36. The van der Waals surface area contributed by atoms with Crippen LogP contribution in [0.2, 0.25) is 0 Å². The fraction of sp³-hybridized carbons (Fsp3) is 0.343. The molecule has 0 atom stereocenters. The molecule has 3 amide bonds. The van der Waals surface area contributed by atoms with Crippen molar-refractivity contribution in [1.82, 2.24) is 20.0 Å². The Balaban J connectivity index is 1.18. The lowest BCUT2D eigenvalue weighted by Gasteiger charge is -2.29. The van der Waals surface area contributed by atoms with Gasteiger partial charge < -0.3 is 19.9 Å². The molecule has 47 heavy (non-hydrogen) atoms. The van der Waals surface area contributed by atoms with E-state index in [1.807, 2.05) is 42.5 Å². The second kappa shape index (κ2) is 15.3. The van der Waals surface area contributed by atoms with Crippen LogP contribution in [0.25, 0.3) is 10.6 Å². The number of hydrogen-bond donors (Lipinski definition) is 2. The number of piperidine rings is 1. The Bertz CT molecular complexity index is 1700. The maximum Gasteiger partial charge on any atom is 0.259 e. The number of carbonyl (C=O) groups excluding carboxylic acids is 3. The van der Waals surface area contributed by atoms with Crippen molar-refractivity contribution < 1.29 is 19.1 Å². The minimum atomic E-state index is -0.419. The number of ether oxygens (including phenoxy) is 1. The van der Waals surface area contributed by atoms with Crippen LogP contribution < -0.4 is 15.5 Å². The maximum absolute atomic E-state index is 13.7. The van der Waals surface area contributed by atoms with E-state index in [-0.39, 0.29) is 5.91 Å². The van der Waals surface area contributed by atoms with Gasteiger partial charge in [-0.3, -0.25) is 24.6 Å². The number of hydrogen-bond acceptors (Lipinski definition) is 9. The molecule has 2 fully saturated rings. The standard InChI is InChI=1S/C35H39N7O4S/c1-40(17-18-41-19-21-46-22-20-41)34(45)27-12-8-11-26(23-27)31(43)36-30-14-13-28(42-15-6-3-7-16-42)24-29(30)32(44)37-35-39-38-33(47-35)25-9-4-2-5-10-25/h2,4-5,8-14,23-24H,3,6-7,15-22H2,1H3,(H,36,43)(H,37,39,44). The van der Waals surface area contributed by atoms with E-state index in [0.717, 1.165) is 56.8 Å². The number of anilines is 3. The molecule has 1 aromatic heterocycles. The Labute approximate surface area is 278 Å². The van der Waals surface area contributed by atoms with Gasteiger partial charge in [-0.25, -0.2) is 0 Å². The predicted octanol–water partition coefficient (Wildman–Crippen LogP) is 5.10. The fourth-order valence-electron chi connectivity index (χ4n) is 5.74. The summed E-state index contributed by atoms with van der Waals surface area (Å²) in [5.41, 5.74) is 3.25. The molecule has 2 aliphatic rings. The van der Waals surface area contributed by atoms with Crippen molar-refractivity contribution in [3.8, 4) is 10.6 Å².